The molecule has 7 heteroatoms. The molecule has 28 heavy (non-hydrogen) atoms. The van der Waals surface area contributed by atoms with Crippen LogP contribution in [-0.2, 0) is 11.2 Å². The fourth-order valence-electron chi connectivity index (χ4n) is 3.70. The van der Waals surface area contributed by atoms with E-state index in [2.05, 4.69) is 21.7 Å². The van der Waals surface area contributed by atoms with Crippen molar-refractivity contribution in [2.45, 2.75) is 12.5 Å². The van der Waals surface area contributed by atoms with Gasteiger partial charge < -0.3 is 15.4 Å². The lowest BCUT2D eigenvalue weighted by molar-refractivity contribution is 0.0928. The van der Waals surface area contributed by atoms with E-state index in [1.165, 1.54) is 13.1 Å². The van der Waals surface area contributed by atoms with Crippen LogP contribution in [0.15, 0.2) is 36.4 Å². The molecule has 2 heterocycles. The Bertz CT molecular complexity index is 972. The molecule has 4 rings (SSSR count). The van der Waals surface area contributed by atoms with E-state index < -0.39 is 0 Å². The summed E-state index contributed by atoms with van der Waals surface area (Å²) in [5, 5.41) is 14.7. The average molecular weight is 376 g/mol. The molecule has 1 saturated heterocycles. The quantitative estimate of drug-likeness (QED) is 0.818. The van der Waals surface area contributed by atoms with Crippen molar-refractivity contribution in [3.8, 4) is 6.07 Å². The van der Waals surface area contributed by atoms with Crippen LogP contribution >= 0.6 is 0 Å². The molecule has 2 aliphatic rings. The predicted molar refractivity (Wildman–Crippen MR) is 101 cm³/mol. The number of hydrogen-bond acceptors (Lipinski definition) is 5. The van der Waals surface area contributed by atoms with Gasteiger partial charge in [0.05, 0.1) is 24.8 Å². The summed E-state index contributed by atoms with van der Waals surface area (Å²) in [6, 6.07) is 12.7. The van der Waals surface area contributed by atoms with Crippen molar-refractivity contribution in [2.75, 3.05) is 20.3 Å². The smallest absolute Gasteiger partial charge is 0.269 e. The van der Waals surface area contributed by atoms with Crippen LogP contribution in [0.3, 0.4) is 0 Å². The van der Waals surface area contributed by atoms with Crippen molar-refractivity contribution in [3.63, 3.8) is 0 Å². The third-order valence-electron chi connectivity index (χ3n) is 5.29. The summed E-state index contributed by atoms with van der Waals surface area (Å²) in [5.74, 6) is 0.243. The number of amides is 2. The van der Waals surface area contributed by atoms with Crippen LogP contribution in [0.2, 0.25) is 0 Å². The molecule has 2 aromatic rings. The number of aromatic nitrogens is 1. The minimum Gasteiger partial charge on any atom is -0.381 e. The summed E-state index contributed by atoms with van der Waals surface area (Å²) in [5.41, 5.74) is 2.65. The van der Waals surface area contributed by atoms with Crippen LogP contribution in [0.4, 0.5) is 0 Å². The minimum absolute atomic E-state index is 0.147. The van der Waals surface area contributed by atoms with Crippen molar-refractivity contribution < 1.29 is 14.3 Å². The lowest BCUT2D eigenvalue weighted by Crippen LogP contribution is -2.30. The topological polar surface area (TPSA) is 104 Å². The largest absolute Gasteiger partial charge is 0.381 e. The average Bonchev–Trinajstić information content (AvgIpc) is 3.13. The van der Waals surface area contributed by atoms with Gasteiger partial charge in [-0.2, -0.15) is 5.26 Å². The molecule has 142 valence electrons. The lowest BCUT2D eigenvalue weighted by Gasteiger charge is -2.11. The Morgan fingerprint density at radius 3 is 2.71 bits per heavy atom. The van der Waals surface area contributed by atoms with Crippen LogP contribution < -0.4 is 10.6 Å². The number of carbonyl (C=O) groups is 2. The number of nitrogens with one attached hydrogen (secondary N) is 2. The zero-order chi connectivity index (χ0) is 19.7. The number of fused-ring (bicyclic) bond motifs is 1. The maximum atomic E-state index is 12.7. The molecule has 0 radical (unpaired) electrons. The molecule has 2 N–H and O–H groups in total. The first kappa shape index (κ1) is 18.1. The van der Waals surface area contributed by atoms with Crippen LogP contribution in [0, 0.1) is 23.2 Å². The minimum atomic E-state index is -0.349. The van der Waals surface area contributed by atoms with Crippen molar-refractivity contribution in [1.29, 1.82) is 5.26 Å². The molecule has 1 unspecified atom stereocenters. The van der Waals surface area contributed by atoms with Gasteiger partial charge in [0.15, 0.2) is 0 Å². The molecule has 1 saturated carbocycles. The van der Waals surface area contributed by atoms with Gasteiger partial charge in [-0.25, -0.2) is 4.98 Å². The number of hydrogen-bond donors (Lipinski definition) is 2. The van der Waals surface area contributed by atoms with Gasteiger partial charge in [0, 0.05) is 42.6 Å². The molecule has 1 aromatic carbocycles. The summed E-state index contributed by atoms with van der Waals surface area (Å²) >= 11 is 0. The van der Waals surface area contributed by atoms with E-state index in [0.717, 1.165) is 5.56 Å². The van der Waals surface area contributed by atoms with Crippen LogP contribution in [-0.4, -0.2) is 43.1 Å². The first-order valence-corrected chi connectivity index (χ1v) is 9.19. The number of nitrogens with zero attached hydrogens (tertiary/aromatic N) is 2. The third kappa shape index (κ3) is 3.59. The number of benzene rings is 1. The molecule has 2 amide bonds. The SMILES string of the molecule is CNC(=O)c1cc(C(=O)NC2[C@H]3COC[C@@H]23)cc(Cc2cccc(C#N)c2)n1. The molecule has 7 nitrogen and oxygen atoms in total. The van der Waals surface area contributed by atoms with Gasteiger partial charge in [0.2, 0.25) is 0 Å². The zero-order valence-electron chi connectivity index (χ0n) is 15.4. The Morgan fingerprint density at radius 1 is 1.21 bits per heavy atom. The van der Waals surface area contributed by atoms with E-state index in [0.29, 0.717) is 48.3 Å². The van der Waals surface area contributed by atoms with Gasteiger partial charge in [0.1, 0.15) is 5.69 Å². The molecule has 0 bridgehead atoms. The molecule has 1 aromatic heterocycles. The normalized spacial score (nSPS) is 22.1. The van der Waals surface area contributed by atoms with E-state index in [-0.39, 0.29) is 23.6 Å². The molecule has 1 aliphatic carbocycles. The van der Waals surface area contributed by atoms with Gasteiger partial charge in [0.25, 0.3) is 11.8 Å². The van der Waals surface area contributed by atoms with E-state index in [1.54, 1.807) is 24.3 Å². The monoisotopic (exact) mass is 376 g/mol. The van der Waals surface area contributed by atoms with Gasteiger partial charge in [-0.1, -0.05) is 12.1 Å². The number of carbonyl (C=O) groups excluding carboxylic acids is 2. The summed E-state index contributed by atoms with van der Waals surface area (Å²) in [6.07, 6.45) is 0.420. The van der Waals surface area contributed by atoms with Crippen molar-refractivity contribution >= 4 is 11.8 Å². The highest BCUT2D eigenvalue weighted by Crippen LogP contribution is 2.44. The molecule has 2 fully saturated rings. The second kappa shape index (κ2) is 7.41. The number of nitriles is 1. The Morgan fingerprint density at radius 2 is 2.00 bits per heavy atom. The second-order valence-electron chi connectivity index (χ2n) is 7.16. The van der Waals surface area contributed by atoms with E-state index in [9.17, 15) is 9.59 Å². The predicted octanol–water partition coefficient (Wildman–Crippen LogP) is 1.28. The van der Waals surface area contributed by atoms with Gasteiger partial charge in [-0.15, -0.1) is 0 Å². The zero-order valence-corrected chi connectivity index (χ0v) is 15.4. The van der Waals surface area contributed by atoms with Crippen molar-refractivity contribution in [1.82, 2.24) is 15.6 Å². The molecule has 3 atom stereocenters. The number of pyridine rings is 1. The second-order valence-corrected chi connectivity index (χ2v) is 7.16. The summed E-state index contributed by atoms with van der Waals surface area (Å²) < 4.78 is 5.36. The lowest BCUT2D eigenvalue weighted by atomic mass is 10.0. The van der Waals surface area contributed by atoms with Crippen LogP contribution in [0.25, 0.3) is 0 Å². The van der Waals surface area contributed by atoms with E-state index in [1.807, 2.05) is 6.07 Å². The number of ether oxygens (including phenoxy) is 1. The van der Waals surface area contributed by atoms with Crippen molar-refractivity contribution in [3.05, 3.63) is 64.5 Å². The summed E-state index contributed by atoms with van der Waals surface area (Å²) in [7, 11) is 1.53. The Labute approximate surface area is 162 Å². The standard InChI is InChI=1S/C21H20N4O3/c1-23-21(27)18-8-14(20(26)25-19-16-10-28-11-17(16)19)7-15(24-18)6-12-3-2-4-13(5-12)9-22/h2-5,7-8,16-17,19H,6,10-11H2,1H3,(H,23,27)(H,25,26)/t16-,17+,19?. The van der Waals surface area contributed by atoms with Gasteiger partial charge >= 0.3 is 0 Å². The maximum absolute atomic E-state index is 12.7. The highest BCUT2D eigenvalue weighted by Gasteiger charge is 2.54. The summed E-state index contributed by atoms with van der Waals surface area (Å²) in [6.45, 7) is 1.38. The van der Waals surface area contributed by atoms with Crippen molar-refractivity contribution in [2.24, 2.45) is 11.8 Å². The first-order valence-electron chi connectivity index (χ1n) is 9.19. The Kier molecular flexibility index (Phi) is 4.80. The van der Waals surface area contributed by atoms with Gasteiger partial charge in [-0.3, -0.25) is 9.59 Å². The van der Waals surface area contributed by atoms with Gasteiger partial charge in [-0.05, 0) is 29.8 Å². The number of rotatable bonds is 5. The molecular weight excluding hydrogens is 356 g/mol. The Balaban J connectivity index is 1.58. The summed E-state index contributed by atoms with van der Waals surface area (Å²) in [4.78, 5) is 29.3. The fraction of sp³-hybridized carbons (Fsp3) is 0.333. The van der Waals surface area contributed by atoms with Crippen LogP contribution in [0.5, 0.6) is 0 Å². The third-order valence-corrected chi connectivity index (χ3v) is 5.29. The van der Waals surface area contributed by atoms with E-state index >= 15 is 0 Å². The molecular formula is C21H20N4O3. The first-order chi connectivity index (χ1) is 13.6. The van der Waals surface area contributed by atoms with E-state index in [4.69, 9.17) is 10.00 Å². The van der Waals surface area contributed by atoms with Crippen LogP contribution in [0.1, 0.15) is 37.7 Å². The maximum Gasteiger partial charge on any atom is 0.269 e. The Hall–Kier alpha value is -3.24. The molecule has 0 spiro atoms. The molecule has 1 aliphatic heterocycles. The fourth-order valence-corrected chi connectivity index (χ4v) is 3.70. The highest BCUT2D eigenvalue weighted by atomic mass is 16.5. The highest BCUT2D eigenvalue weighted by molar-refractivity contribution is 5.98.